The molecule has 0 spiro atoms. The first-order chi connectivity index (χ1) is 8.34. The molecule has 0 atom stereocenters. The van der Waals surface area contributed by atoms with E-state index < -0.39 is 0 Å². The van der Waals surface area contributed by atoms with Crippen LogP contribution in [-0.2, 0) is 0 Å². The van der Waals surface area contributed by atoms with Crippen LogP contribution >= 0.6 is 23.2 Å². The molecule has 0 aliphatic heterocycles. The average molecular weight is 289 g/mol. The molecular weight excluding hydrogens is 271 g/mol. The van der Waals surface area contributed by atoms with Crippen LogP contribution in [0.5, 0.6) is 0 Å². The lowest BCUT2D eigenvalue weighted by atomic mass is 10.2. The smallest absolute Gasteiger partial charge is 0.320 e. The Morgan fingerprint density at radius 3 is 1.94 bits per heavy atom. The van der Waals surface area contributed by atoms with Crippen molar-refractivity contribution in [3.8, 4) is 0 Å². The minimum absolute atomic E-state index is 0.103. The van der Waals surface area contributed by atoms with E-state index in [4.69, 9.17) is 23.2 Å². The third kappa shape index (κ3) is 3.53. The van der Waals surface area contributed by atoms with Crippen LogP contribution in [0.2, 0.25) is 10.0 Å². The lowest BCUT2D eigenvalue weighted by Gasteiger charge is -2.31. The van der Waals surface area contributed by atoms with E-state index in [-0.39, 0.29) is 18.1 Å². The van der Waals surface area contributed by atoms with Gasteiger partial charge >= 0.3 is 6.03 Å². The molecule has 0 saturated carbocycles. The van der Waals surface area contributed by atoms with Gasteiger partial charge in [0.2, 0.25) is 0 Å². The maximum atomic E-state index is 12.2. The van der Waals surface area contributed by atoms with Crippen LogP contribution in [0.4, 0.5) is 10.5 Å². The Hall–Kier alpha value is -0.930. The highest BCUT2D eigenvalue weighted by Crippen LogP contribution is 2.30. The van der Waals surface area contributed by atoms with Gasteiger partial charge in [-0.05, 0) is 39.8 Å². The van der Waals surface area contributed by atoms with E-state index >= 15 is 0 Å². The van der Waals surface area contributed by atoms with Gasteiger partial charge in [0.15, 0.2) is 0 Å². The number of rotatable bonds is 3. The van der Waals surface area contributed by atoms with Crippen molar-refractivity contribution < 1.29 is 4.79 Å². The molecule has 100 valence electrons. The van der Waals surface area contributed by atoms with E-state index in [0.717, 1.165) is 0 Å². The van der Waals surface area contributed by atoms with Gasteiger partial charge in [-0.1, -0.05) is 29.3 Å². The molecule has 0 aromatic heterocycles. The molecule has 0 radical (unpaired) electrons. The van der Waals surface area contributed by atoms with Crippen LogP contribution in [0.1, 0.15) is 27.7 Å². The van der Waals surface area contributed by atoms with Gasteiger partial charge in [0.05, 0.1) is 15.7 Å². The maximum absolute atomic E-state index is 12.2. The van der Waals surface area contributed by atoms with Gasteiger partial charge in [-0.2, -0.15) is 0 Å². The Labute approximate surface area is 118 Å². The predicted molar refractivity (Wildman–Crippen MR) is 77.6 cm³/mol. The van der Waals surface area contributed by atoms with Crippen molar-refractivity contribution in [3.63, 3.8) is 0 Å². The van der Waals surface area contributed by atoms with E-state index in [1.807, 2.05) is 27.7 Å². The minimum atomic E-state index is -0.199. The Kier molecular flexibility index (Phi) is 5.29. The number of para-hydroxylation sites is 1. The Bertz CT molecular complexity index is 405. The molecule has 1 rings (SSSR count). The van der Waals surface area contributed by atoms with Gasteiger partial charge in [0, 0.05) is 12.1 Å². The van der Waals surface area contributed by atoms with Crippen molar-refractivity contribution in [2.75, 3.05) is 5.32 Å². The van der Waals surface area contributed by atoms with Crippen molar-refractivity contribution in [1.29, 1.82) is 0 Å². The predicted octanol–water partition coefficient (Wildman–Crippen LogP) is 4.64. The standard InChI is InChI=1S/C13H18Cl2N2O/c1-8(2)17(9(3)4)13(18)16-12-10(14)6-5-7-11(12)15/h5-9H,1-4H3,(H,16,18). The topological polar surface area (TPSA) is 32.3 Å². The summed E-state index contributed by atoms with van der Waals surface area (Å²) in [6.07, 6.45) is 0. The zero-order chi connectivity index (χ0) is 13.9. The number of amides is 2. The Morgan fingerprint density at radius 2 is 1.56 bits per heavy atom. The molecule has 0 aliphatic rings. The summed E-state index contributed by atoms with van der Waals surface area (Å²) in [6, 6.07) is 5.13. The lowest BCUT2D eigenvalue weighted by Crippen LogP contribution is -2.44. The van der Waals surface area contributed by atoms with Crippen LogP contribution in [0.3, 0.4) is 0 Å². The van der Waals surface area contributed by atoms with E-state index in [9.17, 15) is 4.79 Å². The van der Waals surface area contributed by atoms with Crippen LogP contribution < -0.4 is 5.32 Å². The molecule has 0 heterocycles. The molecule has 1 aromatic rings. The van der Waals surface area contributed by atoms with Gasteiger partial charge in [-0.25, -0.2) is 4.79 Å². The lowest BCUT2D eigenvalue weighted by molar-refractivity contribution is 0.178. The molecule has 0 fully saturated rings. The molecule has 5 heteroatoms. The molecule has 1 N–H and O–H groups in total. The van der Waals surface area contributed by atoms with Crippen molar-refractivity contribution in [2.45, 2.75) is 39.8 Å². The summed E-state index contributed by atoms with van der Waals surface area (Å²) in [6.45, 7) is 7.86. The SMILES string of the molecule is CC(C)N(C(=O)Nc1c(Cl)cccc1Cl)C(C)C. The number of nitrogens with one attached hydrogen (secondary N) is 1. The van der Waals surface area contributed by atoms with Crippen molar-refractivity contribution in [1.82, 2.24) is 4.90 Å². The van der Waals surface area contributed by atoms with E-state index in [2.05, 4.69) is 5.32 Å². The molecule has 3 nitrogen and oxygen atoms in total. The third-order valence-corrected chi connectivity index (χ3v) is 3.17. The fourth-order valence-electron chi connectivity index (χ4n) is 1.85. The van der Waals surface area contributed by atoms with Crippen molar-refractivity contribution >= 4 is 34.9 Å². The number of hydrogen-bond acceptors (Lipinski definition) is 1. The summed E-state index contributed by atoms with van der Waals surface area (Å²) in [5, 5.41) is 3.63. The van der Waals surface area contributed by atoms with E-state index in [1.54, 1.807) is 23.1 Å². The molecule has 0 saturated heterocycles. The summed E-state index contributed by atoms with van der Waals surface area (Å²) in [5.74, 6) is 0. The van der Waals surface area contributed by atoms with Gasteiger partial charge in [-0.15, -0.1) is 0 Å². The van der Waals surface area contributed by atoms with Gasteiger partial charge in [-0.3, -0.25) is 0 Å². The number of anilines is 1. The highest BCUT2D eigenvalue weighted by Gasteiger charge is 2.21. The molecular formula is C13H18Cl2N2O. The van der Waals surface area contributed by atoms with Crippen LogP contribution in [0.25, 0.3) is 0 Å². The molecule has 0 unspecified atom stereocenters. The third-order valence-electron chi connectivity index (χ3n) is 2.54. The number of carbonyl (C=O) groups excluding carboxylic acids is 1. The van der Waals surface area contributed by atoms with Gasteiger partial charge in [0.25, 0.3) is 0 Å². The molecule has 2 amide bonds. The number of urea groups is 1. The van der Waals surface area contributed by atoms with Crippen LogP contribution in [-0.4, -0.2) is 23.0 Å². The summed E-state index contributed by atoms with van der Waals surface area (Å²) in [7, 11) is 0. The second kappa shape index (κ2) is 6.30. The largest absolute Gasteiger partial charge is 0.322 e. The second-order valence-corrected chi connectivity index (χ2v) is 5.44. The van der Waals surface area contributed by atoms with Crippen molar-refractivity contribution in [2.24, 2.45) is 0 Å². The zero-order valence-electron chi connectivity index (χ0n) is 11.0. The average Bonchev–Trinajstić information content (AvgIpc) is 2.22. The summed E-state index contributed by atoms with van der Waals surface area (Å²) in [5.41, 5.74) is 0.456. The normalized spacial score (nSPS) is 10.9. The highest BCUT2D eigenvalue weighted by molar-refractivity contribution is 6.39. The fraction of sp³-hybridized carbons (Fsp3) is 0.462. The summed E-state index contributed by atoms with van der Waals surface area (Å²) in [4.78, 5) is 13.9. The number of carbonyl (C=O) groups is 1. The zero-order valence-corrected chi connectivity index (χ0v) is 12.5. The number of benzene rings is 1. The number of halogens is 2. The Morgan fingerprint density at radius 1 is 1.11 bits per heavy atom. The number of nitrogens with zero attached hydrogens (tertiary/aromatic N) is 1. The molecule has 0 aliphatic carbocycles. The number of hydrogen-bond donors (Lipinski definition) is 1. The minimum Gasteiger partial charge on any atom is -0.320 e. The maximum Gasteiger partial charge on any atom is 0.322 e. The highest BCUT2D eigenvalue weighted by atomic mass is 35.5. The first kappa shape index (κ1) is 15.1. The van der Waals surface area contributed by atoms with Crippen LogP contribution in [0.15, 0.2) is 18.2 Å². The monoisotopic (exact) mass is 288 g/mol. The van der Waals surface area contributed by atoms with E-state index in [1.165, 1.54) is 0 Å². The Balaban J connectivity index is 2.93. The van der Waals surface area contributed by atoms with Gasteiger partial charge < -0.3 is 10.2 Å². The summed E-state index contributed by atoms with van der Waals surface area (Å²) < 4.78 is 0. The first-order valence-electron chi connectivity index (χ1n) is 5.88. The molecule has 18 heavy (non-hydrogen) atoms. The van der Waals surface area contributed by atoms with Crippen molar-refractivity contribution in [3.05, 3.63) is 28.2 Å². The quantitative estimate of drug-likeness (QED) is 0.863. The first-order valence-corrected chi connectivity index (χ1v) is 6.63. The van der Waals surface area contributed by atoms with E-state index in [0.29, 0.717) is 15.7 Å². The fourth-order valence-corrected chi connectivity index (χ4v) is 2.35. The summed E-state index contributed by atoms with van der Waals surface area (Å²) >= 11 is 12.0. The molecule has 1 aromatic carbocycles. The second-order valence-electron chi connectivity index (χ2n) is 4.62. The van der Waals surface area contributed by atoms with Crippen LogP contribution in [0, 0.1) is 0 Å². The van der Waals surface area contributed by atoms with Gasteiger partial charge in [0.1, 0.15) is 0 Å². The molecule has 0 bridgehead atoms.